The molecule has 2 N–H and O–H groups in total. The maximum Gasteiger partial charge on any atom is 0.270 e. The Morgan fingerprint density at radius 2 is 2.14 bits per heavy atom. The van der Waals surface area contributed by atoms with Crippen molar-refractivity contribution in [1.29, 1.82) is 0 Å². The molecule has 6 nitrogen and oxygen atoms in total. The lowest BCUT2D eigenvalue weighted by Gasteiger charge is -2.40. The van der Waals surface area contributed by atoms with Gasteiger partial charge in [0.05, 0.1) is 6.10 Å². The molecule has 0 unspecified atom stereocenters. The third-order valence-corrected chi connectivity index (χ3v) is 5.43. The molecule has 3 fully saturated rings. The first-order chi connectivity index (χ1) is 10.8. The molecular formula is C16H20N4O2. The molecule has 1 amide bonds. The van der Waals surface area contributed by atoms with Crippen LogP contribution in [0.25, 0.3) is 0 Å². The number of nitrogens with zero attached hydrogens (tertiary/aromatic N) is 2. The Morgan fingerprint density at radius 3 is 2.95 bits per heavy atom. The van der Waals surface area contributed by atoms with Crippen molar-refractivity contribution >= 4 is 11.7 Å². The first-order valence-corrected chi connectivity index (χ1v) is 8.37. The Bertz CT molecular complexity index is 643. The van der Waals surface area contributed by atoms with Crippen LogP contribution in [0.15, 0.2) is 0 Å². The van der Waals surface area contributed by atoms with E-state index in [0.29, 0.717) is 36.2 Å². The van der Waals surface area contributed by atoms with Crippen molar-refractivity contribution in [3.63, 3.8) is 0 Å². The highest BCUT2D eigenvalue weighted by atomic mass is 16.5. The van der Waals surface area contributed by atoms with E-state index in [1.54, 1.807) is 0 Å². The van der Waals surface area contributed by atoms with Crippen LogP contribution in [-0.2, 0) is 11.2 Å². The van der Waals surface area contributed by atoms with Crippen LogP contribution in [0.2, 0.25) is 0 Å². The average Bonchev–Trinajstić information content (AvgIpc) is 3.28. The number of carbonyl (C=O) groups is 1. The van der Waals surface area contributed by atoms with Crippen LogP contribution in [0.5, 0.6) is 0 Å². The van der Waals surface area contributed by atoms with Crippen molar-refractivity contribution in [2.24, 2.45) is 5.92 Å². The van der Waals surface area contributed by atoms with E-state index in [4.69, 9.17) is 9.72 Å². The highest BCUT2D eigenvalue weighted by molar-refractivity contribution is 5.96. The summed E-state index contributed by atoms with van der Waals surface area (Å²) in [6.07, 6.45) is 5.70. The van der Waals surface area contributed by atoms with E-state index in [2.05, 4.69) is 15.6 Å². The standard InChI is InChI=1S/C16H20N4O2/c21-16-13-10(3-5-17-16)15(20-14(19-13)8-1-2-8)18-11-7-12-9(11)4-6-22-12/h8-9,11-12H,1-7H2,(H,17,21)(H,18,19,20)/t9-,11+,12+/m0/s1. The number of aromatic nitrogens is 2. The number of amides is 1. The summed E-state index contributed by atoms with van der Waals surface area (Å²) in [5.74, 6) is 2.75. The third kappa shape index (κ3) is 1.93. The summed E-state index contributed by atoms with van der Waals surface area (Å²) < 4.78 is 5.68. The Hall–Kier alpha value is -1.69. The van der Waals surface area contributed by atoms with Crippen LogP contribution >= 0.6 is 0 Å². The monoisotopic (exact) mass is 300 g/mol. The molecule has 0 radical (unpaired) electrons. The number of nitrogens with one attached hydrogen (secondary N) is 2. The summed E-state index contributed by atoms with van der Waals surface area (Å²) in [4.78, 5) is 21.5. The van der Waals surface area contributed by atoms with Crippen molar-refractivity contribution in [1.82, 2.24) is 15.3 Å². The molecule has 2 saturated carbocycles. The molecule has 4 aliphatic rings. The van der Waals surface area contributed by atoms with Gasteiger partial charge in [0.25, 0.3) is 5.91 Å². The Morgan fingerprint density at radius 1 is 1.23 bits per heavy atom. The molecule has 0 bridgehead atoms. The Balaban J connectivity index is 1.48. The van der Waals surface area contributed by atoms with Gasteiger partial charge in [0.2, 0.25) is 0 Å². The van der Waals surface area contributed by atoms with Crippen LogP contribution < -0.4 is 10.6 Å². The van der Waals surface area contributed by atoms with E-state index in [0.717, 1.165) is 55.9 Å². The average molecular weight is 300 g/mol. The summed E-state index contributed by atoms with van der Waals surface area (Å²) in [5.41, 5.74) is 1.58. The van der Waals surface area contributed by atoms with Crippen molar-refractivity contribution < 1.29 is 9.53 Å². The molecule has 5 rings (SSSR count). The van der Waals surface area contributed by atoms with Gasteiger partial charge in [-0.25, -0.2) is 9.97 Å². The fraction of sp³-hybridized carbons (Fsp3) is 0.688. The van der Waals surface area contributed by atoms with Gasteiger partial charge in [0.15, 0.2) is 0 Å². The van der Waals surface area contributed by atoms with Gasteiger partial charge in [-0.15, -0.1) is 0 Å². The SMILES string of the molecule is O=C1NCCc2c(N[C@@H]3C[C@H]4OCC[C@@H]34)nc(C3CC3)nc21. The summed E-state index contributed by atoms with van der Waals surface area (Å²) in [6, 6.07) is 0.434. The molecule has 22 heavy (non-hydrogen) atoms. The molecule has 1 aromatic heterocycles. The predicted molar refractivity (Wildman–Crippen MR) is 79.9 cm³/mol. The molecule has 0 aromatic carbocycles. The number of hydrogen-bond acceptors (Lipinski definition) is 5. The zero-order valence-corrected chi connectivity index (χ0v) is 12.5. The number of fused-ring (bicyclic) bond motifs is 2. The number of rotatable bonds is 3. The zero-order chi connectivity index (χ0) is 14.7. The quantitative estimate of drug-likeness (QED) is 0.878. The van der Waals surface area contributed by atoms with E-state index in [-0.39, 0.29) is 5.91 Å². The molecule has 2 aliphatic heterocycles. The van der Waals surface area contributed by atoms with Gasteiger partial charge >= 0.3 is 0 Å². The molecule has 1 aromatic rings. The van der Waals surface area contributed by atoms with Gasteiger partial charge in [-0.2, -0.15) is 0 Å². The number of hydrogen-bond donors (Lipinski definition) is 2. The molecular weight excluding hydrogens is 280 g/mol. The van der Waals surface area contributed by atoms with Crippen LogP contribution in [0.4, 0.5) is 5.82 Å². The normalized spacial score (nSPS) is 32.7. The molecule has 116 valence electrons. The first-order valence-electron chi connectivity index (χ1n) is 8.37. The van der Waals surface area contributed by atoms with Crippen molar-refractivity contribution in [2.45, 2.75) is 50.2 Å². The van der Waals surface area contributed by atoms with Gasteiger partial charge in [-0.05, 0) is 32.1 Å². The zero-order valence-electron chi connectivity index (χ0n) is 12.5. The molecule has 3 atom stereocenters. The molecule has 3 heterocycles. The number of ether oxygens (including phenoxy) is 1. The Kier molecular flexibility index (Phi) is 2.71. The lowest BCUT2D eigenvalue weighted by atomic mass is 9.76. The summed E-state index contributed by atoms with van der Waals surface area (Å²) >= 11 is 0. The predicted octanol–water partition coefficient (Wildman–Crippen LogP) is 1.23. The second kappa shape index (κ2) is 4.65. The van der Waals surface area contributed by atoms with Gasteiger partial charge in [0, 0.05) is 36.6 Å². The highest BCUT2D eigenvalue weighted by Crippen LogP contribution is 2.42. The minimum Gasteiger partial charge on any atom is -0.378 e. The lowest BCUT2D eigenvalue weighted by molar-refractivity contribution is 0.0246. The minimum absolute atomic E-state index is 0.0516. The molecule has 6 heteroatoms. The van der Waals surface area contributed by atoms with Crippen molar-refractivity contribution in [3.8, 4) is 0 Å². The van der Waals surface area contributed by atoms with Crippen LogP contribution in [0.3, 0.4) is 0 Å². The van der Waals surface area contributed by atoms with Gasteiger partial charge in [-0.3, -0.25) is 4.79 Å². The van der Waals surface area contributed by atoms with Gasteiger partial charge in [0.1, 0.15) is 17.3 Å². The van der Waals surface area contributed by atoms with Crippen molar-refractivity contribution in [3.05, 3.63) is 17.1 Å². The fourth-order valence-electron chi connectivity index (χ4n) is 3.89. The van der Waals surface area contributed by atoms with E-state index in [9.17, 15) is 4.79 Å². The van der Waals surface area contributed by atoms with Gasteiger partial charge in [-0.1, -0.05) is 0 Å². The number of carbonyl (C=O) groups excluding carboxylic acids is 1. The van der Waals surface area contributed by atoms with Crippen molar-refractivity contribution in [2.75, 3.05) is 18.5 Å². The molecule has 0 spiro atoms. The van der Waals surface area contributed by atoms with E-state index in [1.165, 1.54) is 0 Å². The number of anilines is 1. The lowest BCUT2D eigenvalue weighted by Crippen LogP contribution is -2.48. The van der Waals surface area contributed by atoms with Crippen LogP contribution in [-0.4, -0.2) is 41.2 Å². The second-order valence-corrected chi connectivity index (χ2v) is 6.89. The molecule has 1 saturated heterocycles. The summed E-state index contributed by atoms with van der Waals surface area (Å²) in [6.45, 7) is 1.55. The first kappa shape index (κ1) is 12.8. The van der Waals surface area contributed by atoms with E-state index >= 15 is 0 Å². The van der Waals surface area contributed by atoms with E-state index < -0.39 is 0 Å². The maximum absolute atomic E-state index is 12.1. The maximum atomic E-state index is 12.1. The highest BCUT2D eigenvalue weighted by Gasteiger charge is 2.45. The summed E-state index contributed by atoms with van der Waals surface area (Å²) in [5, 5.41) is 6.50. The Labute approximate surface area is 129 Å². The summed E-state index contributed by atoms with van der Waals surface area (Å²) in [7, 11) is 0. The van der Waals surface area contributed by atoms with Crippen LogP contribution in [0, 0.1) is 5.92 Å². The largest absolute Gasteiger partial charge is 0.378 e. The smallest absolute Gasteiger partial charge is 0.270 e. The van der Waals surface area contributed by atoms with E-state index in [1.807, 2.05) is 0 Å². The van der Waals surface area contributed by atoms with Crippen LogP contribution in [0.1, 0.15) is 53.5 Å². The fourth-order valence-corrected chi connectivity index (χ4v) is 3.89. The van der Waals surface area contributed by atoms with Gasteiger partial charge < -0.3 is 15.4 Å². The topological polar surface area (TPSA) is 76.1 Å². The molecule has 2 aliphatic carbocycles. The third-order valence-electron chi connectivity index (χ3n) is 5.43. The minimum atomic E-state index is -0.0516. The second-order valence-electron chi connectivity index (χ2n) is 6.89.